The van der Waals surface area contributed by atoms with Crippen LogP contribution in [0.15, 0.2) is 30.8 Å². The van der Waals surface area contributed by atoms with E-state index in [1.807, 2.05) is 6.08 Å². The van der Waals surface area contributed by atoms with Crippen molar-refractivity contribution in [2.45, 2.75) is 103 Å². The average molecular weight is 359 g/mol. The van der Waals surface area contributed by atoms with Crippen molar-refractivity contribution in [1.82, 2.24) is 0 Å². The molecule has 0 aliphatic heterocycles. The molecular formula is C25H42O. The molecule has 1 rings (SSSR count). The van der Waals surface area contributed by atoms with Gasteiger partial charge < -0.3 is 4.74 Å². The summed E-state index contributed by atoms with van der Waals surface area (Å²) in [4.78, 5) is 0. The highest BCUT2D eigenvalue weighted by Gasteiger charge is 1.96. The van der Waals surface area contributed by atoms with E-state index in [2.05, 4.69) is 37.8 Å². The van der Waals surface area contributed by atoms with Crippen LogP contribution in [0.3, 0.4) is 0 Å². The van der Waals surface area contributed by atoms with Gasteiger partial charge in [-0.2, -0.15) is 0 Å². The monoisotopic (exact) mass is 358 g/mol. The highest BCUT2D eigenvalue weighted by Crippen LogP contribution is 2.13. The predicted molar refractivity (Wildman–Crippen MR) is 117 cm³/mol. The Hall–Kier alpha value is -1.08. The summed E-state index contributed by atoms with van der Waals surface area (Å²) in [5.74, 6) is 0. The Bertz CT molecular complexity index is 420. The zero-order chi connectivity index (χ0) is 18.7. The van der Waals surface area contributed by atoms with E-state index >= 15 is 0 Å². The minimum Gasteiger partial charge on any atom is -0.377 e. The molecule has 0 fully saturated rings. The summed E-state index contributed by atoms with van der Waals surface area (Å²) in [6, 6.07) is 8.45. The van der Waals surface area contributed by atoms with Crippen molar-refractivity contribution in [1.29, 1.82) is 0 Å². The van der Waals surface area contributed by atoms with Crippen molar-refractivity contribution in [3.63, 3.8) is 0 Å². The van der Waals surface area contributed by atoms with Gasteiger partial charge in [-0.3, -0.25) is 0 Å². The summed E-state index contributed by atoms with van der Waals surface area (Å²) in [5.41, 5.74) is 2.42. The first-order valence-electron chi connectivity index (χ1n) is 11.2. The van der Waals surface area contributed by atoms with Crippen molar-refractivity contribution in [3.05, 3.63) is 42.0 Å². The van der Waals surface area contributed by atoms with Crippen molar-refractivity contribution in [2.75, 3.05) is 6.61 Å². The second-order valence-corrected chi connectivity index (χ2v) is 7.59. The molecule has 0 spiro atoms. The molecule has 0 N–H and O–H groups in total. The van der Waals surface area contributed by atoms with Gasteiger partial charge in [0.2, 0.25) is 0 Å². The number of ether oxygens (including phenoxy) is 1. The quantitative estimate of drug-likeness (QED) is 0.240. The van der Waals surface area contributed by atoms with Crippen LogP contribution in [0.1, 0.15) is 108 Å². The van der Waals surface area contributed by atoms with Gasteiger partial charge in [0.1, 0.15) is 0 Å². The van der Waals surface area contributed by atoms with Crippen molar-refractivity contribution in [2.24, 2.45) is 0 Å². The summed E-state index contributed by atoms with van der Waals surface area (Å²) < 4.78 is 5.77. The fourth-order valence-electron chi connectivity index (χ4n) is 3.34. The van der Waals surface area contributed by atoms with E-state index in [9.17, 15) is 0 Å². The molecule has 0 aliphatic rings. The second-order valence-electron chi connectivity index (χ2n) is 7.59. The second kappa shape index (κ2) is 17.3. The van der Waals surface area contributed by atoms with Gasteiger partial charge in [0.15, 0.2) is 0 Å². The zero-order valence-electron chi connectivity index (χ0n) is 17.3. The van der Waals surface area contributed by atoms with Gasteiger partial charge in [-0.15, -0.1) is 0 Å². The van der Waals surface area contributed by atoms with Gasteiger partial charge in [0, 0.05) is 6.61 Å². The molecule has 0 saturated carbocycles. The largest absolute Gasteiger partial charge is 0.377 e. The smallest absolute Gasteiger partial charge is 0.0716 e. The molecular weight excluding hydrogens is 316 g/mol. The molecule has 0 radical (unpaired) electrons. The highest BCUT2D eigenvalue weighted by atomic mass is 16.5. The third kappa shape index (κ3) is 13.2. The molecule has 0 heterocycles. The molecule has 0 unspecified atom stereocenters. The van der Waals surface area contributed by atoms with E-state index in [-0.39, 0.29) is 0 Å². The molecule has 1 aromatic rings. The minimum absolute atomic E-state index is 0.732. The number of hydrogen-bond donors (Lipinski definition) is 0. The molecule has 0 saturated heterocycles. The van der Waals surface area contributed by atoms with Gasteiger partial charge in [-0.1, -0.05) is 127 Å². The molecule has 0 aliphatic carbocycles. The Labute approximate surface area is 163 Å². The third-order valence-corrected chi connectivity index (χ3v) is 5.13. The van der Waals surface area contributed by atoms with Crippen LogP contribution in [0.2, 0.25) is 0 Å². The van der Waals surface area contributed by atoms with Gasteiger partial charge in [0.05, 0.1) is 6.61 Å². The molecule has 148 valence electrons. The number of hydrogen-bond acceptors (Lipinski definition) is 1. The molecule has 0 amide bonds. The molecule has 0 aromatic heterocycles. The number of unbranched alkanes of at least 4 members (excludes halogenated alkanes) is 13. The van der Waals surface area contributed by atoms with E-state index in [1.165, 1.54) is 101 Å². The van der Waals surface area contributed by atoms with Crippen LogP contribution in [0, 0.1) is 0 Å². The molecule has 1 nitrogen and oxygen atoms in total. The first kappa shape index (κ1) is 23.0. The normalized spacial score (nSPS) is 11.0. The van der Waals surface area contributed by atoms with E-state index in [4.69, 9.17) is 4.74 Å². The topological polar surface area (TPSA) is 9.23 Å². The first-order chi connectivity index (χ1) is 12.9. The maximum absolute atomic E-state index is 5.77. The standard InChI is InChI=1S/C25H42O/c1-3-5-6-7-8-9-10-11-12-13-14-15-16-17-22-26-23-25-20-18-24(4-2)19-21-25/h4,18-21H,2-3,5-17,22-23H2,1H3. The van der Waals surface area contributed by atoms with Crippen molar-refractivity contribution < 1.29 is 4.74 Å². The Morgan fingerprint density at radius 3 is 1.62 bits per heavy atom. The Kier molecular flexibility index (Phi) is 15.3. The fraction of sp³-hybridized carbons (Fsp3) is 0.680. The lowest BCUT2D eigenvalue weighted by molar-refractivity contribution is 0.116. The summed E-state index contributed by atoms with van der Waals surface area (Å²) in [5, 5.41) is 0. The van der Waals surface area contributed by atoms with Gasteiger partial charge in [0.25, 0.3) is 0 Å². The van der Waals surface area contributed by atoms with Crippen LogP contribution in [0.25, 0.3) is 6.08 Å². The van der Waals surface area contributed by atoms with Gasteiger partial charge >= 0.3 is 0 Å². The molecule has 1 heteroatoms. The Morgan fingerprint density at radius 1 is 0.692 bits per heavy atom. The van der Waals surface area contributed by atoms with E-state index in [0.717, 1.165) is 13.2 Å². The van der Waals surface area contributed by atoms with Crippen LogP contribution >= 0.6 is 0 Å². The van der Waals surface area contributed by atoms with Crippen LogP contribution in [-0.2, 0) is 11.3 Å². The molecule has 0 bridgehead atoms. The summed E-state index contributed by atoms with van der Waals surface area (Å²) >= 11 is 0. The van der Waals surface area contributed by atoms with Crippen LogP contribution in [0.5, 0.6) is 0 Å². The van der Waals surface area contributed by atoms with Gasteiger partial charge in [-0.05, 0) is 17.5 Å². The lowest BCUT2D eigenvalue weighted by atomic mass is 10.0. The fourth-order valence-corrected chi connectivity index (χ4v) is 3.34. The van der Waals surface area contributed by atoms with E-state index in [0.29, 0.717) is 0 Å². The zero-order valence-corrected chi connectivity index (χ0v) is 17.3. The highest BCUT2D eigenvalue weighted by molar-refractivity contribution is 5.47. The maximum Gasteiger partial charge on any atom is 0.0716 e. The number of rotatable bonds is 18. The van der Waals surface area contributed by atoms with E-state index < -0.39 is 0 Å². The van der Waals surface area contributed by atoms with Crippen molar-refractivity contribution in [3.8, 4) is 0 Å². The summed E-state index contributed by atoms with van der Waals surface area (Å²) in [7, 11) is 0. The van der Waals surface area contributed by atoms with Crippen LogP contribution < -0.4 is 0 Å². The third-order valence-electron chi connectivity index (χ3n) is 5.13. The van der Waals surface area contributed by atoms with Gasteiger partial charge in [-0.25, -0.2) is 0 Å². The predicted octanol–water partition coefficient (Wildman–Crippen LogP) is 8.33. The molecule has 1 aromatic carbocycles. The molecule has 26 heavy (non-hydrogen) atoms. The first-order valence-corrected chi connectivity index (χ1v) is 11.2. The van der Waals surface area contributed by atoms with E-state index in [1.54, 1.807) is 0 Å². The summed E-state index contributed by atoms with van der Waals surface area (Å²) in [6.07, 6.45) is 21.5. The van der Waals surface area contributed by atoms with Crippen LogP contribution in [0.4, 0.5) is 0 Å². The molecule has 0 atom stereocenters. The van der Waals surface area contributed by atoms with Crippen LogP contribution in [-0.4, -0.2) is 6.61 Å². The number of benzene rings is 1. The average Bonchev–Trinajstić information content (AvgIpc) is 2.68. The SMILES string of the molecule is C=Cc1ccc(COCCCCCCCCCCCCCCCC)cc1. The van der Waals surface area contributed by atoms with Crippen molar-refractivity contribution >= 4 is 6.08 Å². The Balaban J connectivity index is 1.77. The lowest BCUT2D eigenvalue weighted by Crippen LogP contribution is -1.95. The summed E-state index contributed by atoms with van der Waals surface area (Å²) in [6.45, 7) is 7.69. The maximum atomic E-state index is 5.77. The lowest BCUT2D eigenvalue weighted by Gasteiger charge is -2.05. The minimum atomic E-state index is 0.732. The Morgan fingerprint density at radius 2 is 1.15 bits per heavy atom.